The van der Waals surface area contributed by atoms with Gasteiger partial charge in [-0.05, 0) is 37.1 Å². The van der Waals surface area contributed by atoms with Crippen molar-refractivity contribution in [1.29, 1.82) is 0 Å². The minimum Gasteiger partial charge on any atom is -0.379 e. The van der Waals surface area contributed by atoms with Crippen LogP contribution in [0.5, 0.6) is 0 Å². The Kier molecular flexibility index (Phi) is 2.85. The van der Waals surface area contributed by atoms with Crippen molar-refractivity contribution in [2.24, 2.45) is 0 Å². The number of benzene rings is 1. The van der Waals surface area contributed by atoms with Gasteiger partial charge in [0.25, 0.3) is 0 Å². The fourth-order valence-corrected chi connectivity index (χ4v) is 3.03. The Morgan fingerprint density at radius 2 is 2.24 bits per heavy atom. The van der Waals surface area contributed by atoms with Gasteiger partial charge >= 0.3 is 0 Å². The number of ether oxygens (including phenoxy) is 1. The highest BCUT2D eigenvalue weighted by Crippen LogP contribution is 2.40. The molecular formula is C13H15ClFNO. The molecular weight excluding hydrogens is 241 g/mol. The van der Waals surface area contributed by atoms with Crippen molar-refractivity contribution in [3.8, 4) is 0 Å². The molecule has 2 fully saturated rings. The Morgan fingerprint density at radius 1 is 1.41 bits per heavy atom. The minimum atomic E-state index is -0.356. The molecule has 2 heterocycles. The van der Waals surface area contributed by atoms with E-state index in [1.54, 1.807) is 6.07 Å². The van der Waals surface area contributed by atoms with Crippen molar-refractivity contribution in [3.05, 3.63) is 34.6 Å². The maximum absolute atomic E-state index is 13.2. The average Bonchev–Trinajstić information content (AvgIpc) is 2.75. The van der Waals surface area contributed by atoms with Gasteiger partial charge in [0.2, 0.25) is 0 Å². The number of halogens is 2. The summed E-state index contributed by atoms with van der Waals surface area (Å²) >= 11 is 5.87. The maximum Gasteiger partial charge on any atom is 0.141 e. The van der Waals surface area contributed by atoms with Gasteiger partial charge in [-0.1, -0.05) is 17.7 Å². The first-order valence-electron chi connectivity index (χ1n) is 5.99. The molecule has 1 unspecified atom stereocenters. The molecule has 1 atom stereocenters. The molecule has 0 aliphatic carbocycles. The summed E-state index contributed by atoms with van der Waals surface area (Å²) in [6.07, 6.45) is 2.35. The highest BCUT2D eigenvalue weighted by atomic mass is 35.5. The van der Waals surface area contributed by atoms with E-state index < -0.39 is 0 Å². The molecule has 0 saturated carbocycles. The first kappa shape index (κ1) is 11.5. The van der Waals surface area contributed by atoms with E-state index in [4.69, 9.17) is 16.3 Å². The second kappa shape index (κ2) is 4.23. The van der Waals surface area contributed by atoms with Gasteiger partial charge in [-0.3, -0.25) is 0 Å². The molecule has 17 heavy (non-hydrogen) atoms. The highest BCUT2D eigenvalue weighted by molar-refractivity contribution is 6.30. The summed E-state index contributed by atoms with van der Waals surface area (Å²) in [5.74, 6) is -0.356. The number of nitrogens with one attached hydrogen (secondary N) is 1. The lowest BCUT2D eigenvalue weighted by molar-refractivity contribution is -0.0761. The van der Waals surface area contributed by atoms with E-state index in [-0.39, 0.29) is 16.3 Å². The molecule has 0 amide bonds. The molecule has 0 radical (unpaired) electrons. The molecule has 2 aliphatic rings. The fourth-order valence-electron chi connectivity index (χ4n) is 2.85. The monoisotopic (exact) mass is 255 g/mol. The summed E-state index contributed by atoms with van der Waals surface area (Å²) in [7, 11) is 0. The molecule has 1 aromatic carbocycles. The summed E-state index contributed by atoms with van der Waals surface area (Å²) in [5.41, 5.74) is 1.09. The summed E-state index contributed by atoms with van der Waals surface area (Å²) < 4.78 is 18.6. The fraction of sp³-hybridized carbons (Fsp3) is 0.538. The molecule has 0 aromatic heterocycles. The maximum atomic E-state index is 13.2. The normalized spacial score (nSPS) is 26.8. The SMILES string of the molecule is Fc1ccc(C2(C3CCCN3)COC2)cc1Cl. The largest absolute Gasteiger partial charge is 0.379 e. The molecule has 3 rings (SSSR count). The Bertz CT molecular complexity index is 427. The second-order valence-corrected chi connectivity index (χ2v) is 5.33. The molecule has 2 saturated heterocycles. The molecule has 92 valence electrons. The van der Waals surface area contributed by atoms with Crippen LogP contribution in [-0.4, -0.2) is 25.8 Å². The summed E-state index contributed by atoms with van der Waals surface area (Å²) in [5, 5.41) is 3.72. The van der Waals surface area contributed by atoms with Gasteiger partial charge in [-0.2, -0.15) is 0 Å². The molecule has 2 aliphatic heterocycles. The van der Waals surface area contributed by atoms with E-state index in [9.17, 15) is 4.39 Å². The van der Waals surface area contributed by atoms with Crippen molar-refractivity contribution in [2.45, 2.75) is 24.3 Å². The standard InChI is InChI=1S/C13H15ClFNO/c14-10-6-9(3-4-11(10)15)13(7-17-8-13)12-2-1-5-16-12/h3-4,6,12,16H,1-2,5,7-8H2. The van der Waals surface area contributed by atoms with Crippen LogP contribution in [0.15, 0.2) is 18.2 Å². The lowest BCUT2D eigenvalue weighted by Gasteiger charge is -2.46. The van der Waals surface area contributed by atoms with E-state index in [1.807, 2.05) is 6.07 Å². The van der Waals surface area contributed by atoms with Crippen molar-refractivity contribution < 1.29 is 9.13 Å². The Morgan fingerprint density at radius 3 is 2.76 bits per heavy atom. The topological polar surface area (TPSA) is 21.3 Å². The lowest BCUT2D eigenvalue weighted by atomic mass is 9.72. The quantitative estimate of drug-likeness (QED) is 0.877. The number of hydrogen-bond donors (Lipinski definition) is 1. The zero-order chi connectivity index (χ0) is 11.9. The van der Waals surface area contributed by atoms with Crippen molar-refractivity contribution in [3.63, 3.8) is 0 Å². The van der Waals surface area contributed by atoms with E-state index in [0.717, 1.165) is 18.5 Å². The molecule has 1 aromatic rings. The Labute approximate surface area is 105 Å². The van der Waals surface area contributed by atoms with E-state index in [2.05, 4.69) is 5.32 Å². The van der Waals surface area contributed by atoms with Gasteiger partial charge in [-0.25, -0.2) is 4.39 Å². The van der Waals surface area contributed by atoms with Crippen LogP contribution in [0, 0.1) is 5.82 Å². The minimum absolute atomic E-state index is 0.00611. The van der Waals surface area contributed by atoms with Crippen molar-refractivity contribution in [1.82, 2.24) is 5.32 Å². The van der Waals surface area contributed by atoms with Crippen molar-refractivity contribution in [2.75, 3.05) is 19.8 Å². The first-order valence-corrected chi connectivity index (χ1v) is 6.37. The second-order valence-electron chi connectivity index (χ2n) is 4.93. The molecule has 0 spiro atoms. The molecule has 4 heteroatoms. The highest BCUT2D eigenvalue weighted by Gasteiger charge is 2.48. The smallest absolute Gasteiger partial charge is 0.141 e. The predicted octanol–water partition coefficient (Wildman–Crippen LogP) is 2.50. The van der Waals surface area contributed by atoms with Crippen molar-refractivity contribution >= 4 is 11.6 Å². The van der Waals surface area contributed by atoms with E-state index in [1.165, 1.54) is 12.5 Å². The van der Waals surface area contributed by atoms with Gasteiger partial charge < -0.3 is 10.1 Å². The molecule has 2 nitrogen and oxygen atoms in total. The Hall–Kier alpha value is -0.640. The van der Waals surface area contributed by atoms with Crippen LogP contribution in [-0.2, 0) is 10.2 Å². The van der Waals surface area contributed by atoms with Crippen LogP contribution in [0.25, 0.3) is 0 Å². The average molecular weight is 256 g/mol. The van der Waals surface area contributed by atoms with Crippen LogP contribution >= 0.6 is 11.6 Å². The van der Waals surface area contributed by atoms with Gasteiger partial charge in [0.1, 0.15) is 5.82 Å². The van der Waals surface area contributed by atoms with Gasteiger partial charge in [0.05, 0.1) is 23.7 Å². The first-order chi connectivity index (χ1) is 8.22. The molecule has 0 bridgehead atoms. The van der Waals surface area contributed by atoms with Crippen LogP contribution in [0.2, 0.25) is 5.02 Å². The summed E-state index contributed by atoms with van der Waals surface area (Å²) in [6, 6.07) is 5.47. The summed E-state index contributed by atoms with van der Waals surface area (Å²) in [6.45, 7) is 2.46. The van der Waals surface area contributed by atoms with E-state index in [0.29, 0.717) is 19.3 Å². The third-order valence-corrected chi connectivity index (χ3v) is 4.23. The third kappa shape index (κ3) is 1.77. The van der Waals surface area contributed by atoms with Crippen LogP contribution < -0.4 is 5.32 Å². The summed E-state index contributed by atoms with van der Waals surface area (Å²) in [4.78, 5) is 0. The molecule has 1 N–H and O–H groups in total. The number of hydrogen-bond acceptors (Lipinski definition) is 2. The van der Waals surface area contributed by atoms with Gasteiger partial charge in [0.15, 0.2) is 0 Å². The van der Waals surface area contributed by atoms with Crippen LogP contribution in [0.4, 0.5) is 4.39 Å². The Balaban J connectivity index is 1.96. The third-order valence-electron chi connectivity index (χ3n) is 3.94. The number of rotatable bonds is 2. The van der Waals surface area contributed by atoms with Gasteiger partial charge in [-0.15, -0.1) is 0 Å². The van der Waals surface area contributed by atoms with E-state index >= 15 is 0 Å². The van der Waals surface area contributed by atoms with Crippen LogP contribution in [0.3, 0.4) is 0 Å². The van der Waals surface area contributed by atoms with Gasteiger partial charge in [0, 0.05) is 6.04 Å². The van der Waals surface area contributed by atoms with Crippen LogP contribution in [0.1, 0.15) is 18.4 Å². The zero-order valence-electron chi connectivity index (χ0n) is 9.51. The zero-order valence-corrected chi connectivity index (χ0v) is 10.3. The lowest BCUT2D eigenvalue weighted by Crippen LogP contribution is -2.58. The predicted molar refractivity (Wildman–Crippen MR) is 64.9 cm³/mol.